The van der Waals surface area contributed by atoms with E-state index in [1.807, 2.05) is 4.90 Å². The number of nitriles is 1. The van der Waals surface area contributed by atoms with E-state index in [4.69, 9.17) is 14.7 Å². The van der Waals surface area contributed by atoms with Crippen LogP contribution in [0.15, 0.2) is 55.1 Å². The standard InChI is InChI=1S/C32H39N7O2/c1-3-30(40)38-18-19-39(24(20-38)13-15-33)31-27-14-17-37(29-12-6-9-23-8-4-5-11-26(23)29)21-28(27)34-32(35-31)41-22-25-10-7-16-36(25)2/h3-6,8-9,11-12,24-25,30,40H,1,7,10,13-14,16-22H2,2H3/t24?,25-,30?/m0/s1. The van der Waals surface area contributed by atoms with Gasteiger partial charge in [-0.2, -0.15) is 15.2 Å². The number of aliphatic hydroxyl groups excluding tert-OH is 1. The van der Waals surface area contributed by atoms with E-state index in [-0.39, 0.29) is 6.04 Å². The van der Waals surface area contributed by atoms with Crippen molar-refractivity contribution in [2.75, 3.05) is 56.2 Å². The van der Waals surface area contributed by atoms with E-state index < -0.39 is 6.23 Å². The van der Waals surface area contributed by atoms with Crippen LogP contribution in [0.1, 0.15) is 30.5 Å². The topological polar surface area (TPSA) is 92.0 Å². The van der Waals surface area contributed by atoms with Crippen molar-refractivity contribution in [3.8, 4) is 12.1 Å². The number of likely N-dealkylation sites (N-methyl/N-ethyl adjacent to an activating group) is 1. The molecule has 2 aromatic carbocycles. The molecule has 3 aliphatic heterocycles. The van der Waals surface area contributed by atoms with Gasteiger partial charge >= 0.3 is 6.01 Å². The molecule has 0 spiro atoms. The molecule has 2 saturated heterocycles. The number of piperazine rings is 1. The molecule has 2 unspecified atom stereocenters. The highest BCUT2D eigenvalue weighted by molar-refractivity contribution is 5.94. The number of nitrogens with zero attached hydrogens (tertiary/aromatic N) is 7. The fourth-order valence-corrected chi connectivity index (χ4v) is 6.57. The summed E-state index contributed by atoms with van der Waals surface area (Å²) in [6.45, 7) is 8.77. The van der Waals surface area contributed by atoms with Crippen molar-refractivity contribution in [1.29, 1.82) is 5.26 Å². The van der Waals surface area contributed by atoms with E-state index in [9.17, 15) is 10.4 Å². The summed E-state index contributed by atoms with van der Waals surface area (Å²) in [6, 6.07) is 18.0. The Morgan fingerprint density at radius 1 is 1.12 bits per heavy atom. The lowest BCUT2D eigenvalue weighted by Crippen LogP contribution is -2.56. The van der Waals surface area contributed by atoms with Crippen LogP contribution in [0.2, 0.25) is 0 Å². The van der Waals surface area contributed by atoms with Gasteiger partial charge in [0.15, 0.2) is 0 Å². The number of aliphatic hydroxyl groups is 1. The molecule has 1 N–H and O–H groups in total. The van der Waals surface area contributed by atoms with Crippen molar-refractivity contribution >= 4 is 22.3 Å². The van der Waals surface area contributed by atoms with Gasteiger partial charge in [-0.3, -0.25) is 4.90 Å². The zero-order valence-electron chi connectivity index (χ0n) is 23.8. The average Bonchev–Trinajstić information content (AvgIpc) is 3.43. The number of anilines is 2. The molecule has 3 aliphatic rings. The number of aromatic nitrogens is 2. The summed E-state index contributed by atoms with van der Waals surface area (Å²) in [5, 5.41) is 22.6. The van der Waals surface area contributed by atoms with Crippen LogP contribution in [0, 0.1) is 11.3 Å². The first-order valence-electron chi connectivity index (χ1n) is 14.7. The number of likely N-dealkylation sites (tertiary alicyclic amines) is 1. The molecule has 3 aromatic rings. The average molecular weight is 554 g/mol. The van der Waals surface area contributed by atoms with Crippen molar-refractivity contribution in [1.82, 2.24) is 19.8 Å². The second-order valence-electron chi connectivity index (χ2n) is 11.4. The maximum Gasteiger partial charge on any atom is 0.318 e. The van der Waals surface area contributed by atoms with Crippen molar-refractivity contribution in [2.24, 2.45) is 0 Å². The molecular formula is C32H39N7O2. The molecular weight excluding hydrogens is 514 g/mol. The van der Waals surface area contributed by atoms with Crippen LogP contribution in [-0.2, 0) is 13.0 Å². The third-order valence-corrected chi connectivity index (χ3v) is 8.90. The minimum absolute atomic E-state index is 0.104. The minimum atomic E-state index is -0.728. The van der Waals surface area contributed by atoms with Gasteiger partial charge in [0.05, 0.1) is 30.8 Å². The molecule has 6 rings (SSSR count). The van der Waals surface area contributed by atoms with Crippen LogP contribution in [0.25, 0.3) is 10.8 Å². The highest BCUT2D eigenvalue weighted by atomic mass is 16.5. The van der Waals surface area contributed by atoms with Crippen molar-refractivity contribution < 1.29 is 9.84 Å². The predicted octanol–water partition coefficient (Wildman–Crippen LogP) is 3.57. The fourth-order valence-electron chi connectivity index (χ4n) is 6.57. The van der Waals surface area contributed by atoms with Crippen LogP contribution < -0.4 is 14.5 Å². The number of hydrogen-bond acceptors (Lipinski definition) is 9. The van der Waals surface area contributed by atoms with Gasteiger partial charge in [-0.05, 0) is 50.4 Å². The van der Waals surface area contributed by atoms with Crippen molar-refractivity contribution in [3.05, 3.63) is 66.4 Å². The first kappa shape index (κ1) is 27.5. The van der Waals surface area contributed by atoms with Crippen molar-refractivity contribution in [3.63, 3.8) is 0 Å². The number of rotatable bonds is 8. The first-order chi connectivity index (χ1) is 20.1. The Balaban J connectivity index is 1.34. The molecule has 9 heteroatoms. The van der Waals surface area contributed by atoms with Crippen LogP contribution >= 0.6 is 0 Å². The lowest BCUT2D eigenvalue weighted by Gasteiger charge is -2.43. The van der Waals surface area contributed by atoms with Gasteiger partial charge in [0.2, 0.25) is 0 Å². The SMILES string of the molecule is C=CC(O)N1CCN(c2nc(OC[C@@H]3CCCN3C)nc3c2CCN(c2cccc4ccccc24)C3)C(CC#N)C1. The highest BCUT2D eigenvalue weighted by Crippen LogP contribution is 2.35. The summed E-state index contributed by atoms with van der Waals surface area (Å²) >= 11 is 0. The predicted molar refractivity (Wildman–Crippen MR) is 161 cm³/mol. The number of hydrogen-bond donors (Lipinski definition) is 1. The summed E-state index contributed by atoms with van der Waals surface area (Å²) in [6.07, 6.45) is 4.24. The van der Waals surface area contributed by atoms with Gasteiger partial charge in [0, 0.05) is 48.9 Å². The molecule has 0 amide bonds. The lowest BCUT2D eigenvalue weighted by atomic mass is 10.0. The Bertz CT molecular complexity index is 1430. The second kappa shape index (κ2) is 12.0. The normalized spacial score (nSPS) is 22.4. The van der Waals surface area contributed by atoms with Gasteiger partial charge in [-0.1, -0.05) is 43.0 Å². The van der Waals surface area contributed by atoms with E-state index in [0.717, 1.165) is 43.0 Å². The molecule has 0 aliphatic carbocycles. The van der Waals surface area contributed by atoms with Gasteiger partial charge in [-0.15, -0.1) is 0 Å². The van der Waals surface area contributed by atoms with Crippen LogP contribution in [0.4, 0.5) is 11.5 Å². The molecule has 1 aromatic heterocycles. The summed E-state index contributed by atoms with van der Waals surface area (Å²) in [7, 11) is 2.14. The number of fused-ring (bicyclic) bond motifs is 2. The Labute approximate surface area is 242 Å². The number of benzene rings is 2. The summed E-state index contributed by atoms with van der Waals surface area (Å²) in [5.74, 6) is 0.871. The molecule has 214 valence electrons. The maximum absolute atomic E-state index is 10.4. The molecule has 0 radical (unpaired) electrons. The van der Waals surface area contributed by atoms with E-state index >= 15 is 0 Å². The third kappa shape index (κ3) is 5.60. The maximum atomic E-state index is 10.4. The summed E-state index contributed by atoms with van der Waals surface area (Å²) < 4.78 is 6.30. The van der Waals surface area contributed by atoms with Crippen LogP contribution in [0.5, 0.6) is 6.01 Å². The molecule has 41 heavy (non-hydrogen) atoms. The molecule has 9 nitrogen and oxygen atoms in total. The smallest absolute Gasteiger partial charge is 0.318 e. The number of ether oxygens (including phenoxy) is 1. The zero-order chi connectivity index (χ0) is 28.3. The molecule has 0 bridgehead atoms. The van der Waals surface area contributed by atoms with Gasteiger partial charge in [-0.25, -0.2) is 0 Å². The zero-order valence-corrected chi connectivity index (χ0v) is 23.8. The summed E-state index contributed by atoms with van der Waals surface area (Å²) in [5.41, 5.74) is 3.32. The molecule has 4 heterocycles. The van der Waals surface area contributed by atoms with Gasteiger partial charge < -0.3 is 24.5 Å². The Hall–Kier alpha value is -3.71. The van der Waals surface area contributed by atoms with Crippen molar-refractivity contribution in [2.45, 2.75) is 50.5 Å². The Morgan fingerprint density at radius 2 is 1.98 bits per heavy atom. The lowest BCUT2D eigenvalue weighted by molar-refractivity contribution is 0.0282. The second-order valence-corrected chi connectivity index (χ2v) is 11.4. The fraction of sp³-hybridized carbons (Fsp3) is 0.469. The molecule has 0 saturated carbocycles. The Morgan fingerprint density at radius 3 is 2.78 bits per heavy atom. The quantitative estimate of drug-likeness (QED) is 0.420. The van der Waals surface area contributed by atoms with E-state index in [1.165, 1.54) is 22.9 Å². The molecule has 2 fully saturated rings. The van der Waals surface area contributed by atoms with E-state index in [1.54, 1.807) is 6.08 Å². The monoisotopic (exact) mass is 553 g/mol. The molecule has 3 atom stereocenters. The van der Waals surface area contributed by atoms with E-state index in [2.05, 4.69) is 76.9 Å². The Kier molecular flexibility index (Phi) is 8.06. The highest BCUT2D eigenvalue weighted by Gasteiger charge is 2.34. The largest absolute Gasteiger partial charge is 0.462 e. The summed E-state index contributed by atoms with van der Waals surface area (Å²) in [4.78, 5) is 19.0. The van der Waals surface area contributed by atoms with Crippen LogP contribution in [0.3, 0.4) is 0 Å². The van der Waals surface area contributed by atoms with Gasteiger partial charge in [0.1, 0.15) is 18.7 Å². The van der Waals surface area contributed by atoms with Crippen LogP contribution in [-0.4, -0.2) is 89.6 Å². The van der Waals surface area contributed by atoms with Gasteiger partial charge in [0.25, 0.3) is 0 Å². The third-order valence-electron chi connectivity index (χ3n) is 8.90. The minimum Gasteiger partial charge on any atom is -0.462 e. The first-order valence-corrected chi connectivity index (χ1v) is 14.7. The van der Waals surface area contributed by atoms with E-state index in [0.29, 0.717) is 51.3 Å².